The maximum Gasteiger partial charge on any atom is 0.407 e. The van der Waals surface area contributed by atoms with Gasteiger partial charge in [0.1, 0.15) is 25.1 Å². The highest BCUT2D eigenvalue weighted by Crippen LogP contribution is 2.21. The van der Waals surface area contributed by atoms with Crippen LogP contribution in [0.3, 0.4) is 0 Å². The Hall–Kier alpha value is -2.58. The number of hydrogen-bond acceptors (Lipinski definition) is 7. The molecule has 0 aliphatic carbocycles. The van der Waals surface area contributed by atoms with E-state index in [-0.39, 0.29) is 0 Å². The molecule has 9 nitrogen and oxygen atoms in total. The number of hydrogen-bond donors (Lipinski definition) is 2. The van der Waals surface area contributed by atoms with E-state index in [0.717, 1.165) is 6.42 Å². The van der Waals surface area contributed by atoms with Gasteiger partial charge in [0.15, 0.2) is 0 Å². The molecule has 0 bridgehead atoms. The number of rotatable bonds is 3. The average Bonchev–Trinajstić information content (AvgIpc) is 2.71. The largest absolute Gasteiger partial charge is 0.465 e. The highest BCUT2D eigenvalue weighted by atomic mass is 16.6. The van der Waals surface area contributed by atoms with Crippen LogP contribution in [0, 0.1) is 0 Å². The summed E-state index contributed by atoms with van der Waals surface area (Å²) < 4.78 is 0. The number of aromatic nitrogens is 2. The Morgan fingerprint density at radius 3 is 2.95 bits per heavy atom. The Morgan fingerprint density at radius 2 is 2.24 bits per heavy atom. The quantitative estimate of drug-likeness (QED) is 0.605. The summed E-state index contributed by atoms with van der Waals surface area (Å²) in [6.45, 7) is 2.15. The molecule has 0 spiro atoms. The van der Waals surface area contributed by atoms with Gasteiger partial charge in [-0.05, 0) is 6.42 Å². The molecule has 21 heavy (non-hydrogen) atoms. The van der Waals surface area contributed by atoms with E-state index in [1.54, 1.807) is 0 Å². The molecular formula is C12H18N6O3. The predicted octanol–water partition coefficient (Wildman–Crippen LogP) is 0.229. The van der Waals surface area contributed by atoms with Crippen molar-refractivity contribution < 1.29 is 14.7 Å². The molecule has 2 heterocycles. The zero-order chi connectivity index (χ0) is 15.2. The van der Waals surface area contributed by atoms with Gasteiger partial charge in [0, 0.05) is 26.2 Å². The van der Waals surface area contributed by atoms with Crippen LogP contribution in [0.1, 0.15) is 12.0 Å². The molecule has 1 amide bonds. The Labute approximate surface area is 122 Å². The highest BCUT2D eigenvalue weighted by molar-refractivity contribution is 5.91. The van der Waals surface area contributed by atoms with Gasteiger partial charge < -0.3 is 25.5 Å². The zero-order valence-electron chi connectivity index (χ0n) is 11.8. The van der Waals surface area contributed by atoms with E-state index in [0.29, 0.717) is 43.4 Å². The fourth-order valence-electron chi connectivity index (χ4n) is 2.20. The molecule has 0 saturated carbocycles. The minimum atomic E-state index is -0.903. The number of carboxylic acid groups (broad SMARTS) is 1. The topological polar surface area (TPSA) is 117 Å². The monoisotopic (exact) mass is 294 g/mol. The first-order valence-electron chi connectivity index (χ1n) is 6.53. The van der Waals surface area contributed by atoms with E-state index in [4.69, 9.17) is 10.8 Å². The Bertz CT molecular complexity index is 536. The first-order chi connectivity index (χ1) is 10.1. The van der Waals surface area contributed by atoms with Crippen LogP contribution in [0.4, 0.5) is 16.4 Å². The number of nitrogens with zero attached hydrogens (tertiary/aromatic N) is 5. The van der Waals surface area contributed by atoms with Gasteiger partial charge in [-0.25, -0.2) is 14.8 Å². The Morgan fingerprint density at radius 1 is 1.43 bits per heavy atom. The van der Waals surface area contributed by atoms with Crippen LogP contribution in [0.15, 0.2) is 11.5 Å². The van der Waals surface area contributed by atoms with Crippen LogP contribution in [0.5, 0.6) is 0 Å². The summed E-state index contributed by atoms with van der Waals surface area (Å²) in [5.74, 6) is 0.940. The number of amides is 1. The molecule has 0 radical (unpaired) electrons. The lowest BCUT2D eigenvalue weighted by molar-refractivity contribution is 0.148. The number of anilines is 2. The second-order valence-electron chi connectivity index (χ2n) is 4.52. The summed E-state index contributed by atoms with van der Waals surface area (Å²) in [7, 11) is 1.44. The summed E-state index contributed by atoms with van der Waals surface area (Å²) in [6, 6.07) is 0. The van der Waals surface area contributed by atoms with Crippen LogP contribution in [0.25, 0.3) is 0 Å². The molecule has 1 aromatic heterocycles. The highest BCUT2D eigenvalue weighted by Gasteiger charge is 2.21. The van der Waals surface area contributed by atoms with Gasteiger partial charge in [-0.1, -0.05) is 5.16 Å². The van der Waals surface area contributed by atoms with Crippen molar-refractivity contribution in [1.82, 2.24) is 14.9 Å². The summed E-state index contributed by atoms with van der Waals surface area (Å²) in [5.41, 5.74) is 6.43. The lowest BCUT2D eigenvalue weighted by Crippen LogP contribution is -2.34. The van der Waals surface area contributed by atoms with Crippen molar-refractivity contribution in [1.29, 1.82) is 0 Å². The standard InChI is InChI=1S/C12H18N6O3/c1-21-16-7-9-10(13)14-8-15-11(9)17-3-2-4-18(6-5-17)12(19)20/h7-8H,2-6H2,1H3,(H,19,20)(H2,13,14,15)/b16-7+. The Kier molecular flexibility index (Phi) is 4.75. The smallest absolute Gasteiger partial charge is 0.407 e. The second kappa shape index (κ2) is 6.73. The molecule has 2 rings (SSSR count). The maximum atomic E-state index is 11.0. The molecule has 0 unspecified atom stereocenters. The SMILES string of the molecule is CO/N=C/c1c(N)ncnc1N1CCCN(C(=O)O)CC1. The van der Waals surface area contributed by atoms with Gasteiger partial charge in [-0.3, -0.25) is 0 Å². The van der Waals surface area contributed by atoms with Crippen LogP contribution in [0.2, 0.25) is 0 Å². The van der Waals surface area contributed by atoms with Crippen molar-refractivity contribution in [2.24, 2.45) is 5.16 Å². The molecule has 3 N–H and O–H groups in total. The first-order valence-corrected chi connectivity index (χ1v) is 6.53. The van der Waals surface area contributed by atoms with Crippen molar-refractivity contribution in [3.63, 3.8) is 0 Å². The molecule has 0 aromatic carbocycles. The van der Waals surface area contributed by atoms with Crippen molar-refractivity contribution in [3.05, 3.63) is 11.9 Å². The molecule has 1 aliphatic rings. The molecule has 1 aliphatic heterocycles. The number of nitrogen functional groups attached to an aromatic ring is 1. The lowest BCUT2D eigenvalue weighted by atomic mass is 10.2. The fraction of sp³-hybridized carbons (Fsp3) is 0.500. The molecule has 9 heteroatoms. The summed E-state index contributed by atoms with van der Waals surface area (Å²) in [6.07, 6.45) is 2.66. The maximum absolute atomic E-state index is 11.0. The minimum Gasteiger partial charge on any atom is -0.465 e. The molecule has 1 saturated heterocycles. The number of nitrogens with two attached hydrogens (primary N) is 1. The van der Waals surface area contributed by atoms with Gasteiger partial charge >= 0.3 is 6.09 Å². The fourth-order valence-corrected chi connectivity index (χ4v) is 2.20. The summed E-state index contributed by atoms with van der Waals surface area (Å²) in [4.78, 5) is 27.3. The summed E-state index contributed by atoms with van der Waals surface area (Å²) >= 11 is 0. The van der Waals surface area contributed by atoms with Crippen molar-refractivity contribution in [3.8, 4) is 0 Å². The average molecular weight is 294 g/mol. The Balaban J connectivity index is 2.23. The van der Waals surface area contributed by atoms with Crippen molar-refractivity contribution in [2.45, 2.75) is 6.42 Å². The first kappa shape index (κ1) is 14.8. The number of oxime groups is 1. The summed E-state index contributed by atoms with van der Waals surface area (Å²) in [5, 5.41) is 12.8. The molecule has 1 fully saturated rings. The predicted molar refractivity (Wildman–Crippen MR) is 77.5 cm³/mol. The minimum absolute atomic E-state index is 0.306. The van der Waals surface area contributed by atoms with Crippen LogP contribution in [-0.4, -0.2) is 65.6 Å². The van der Waals surface area contributed by atoms with Gasteiger partial charge in [-0.2, -0.15) is 0 Å². The van der Waals surface area contributed by atoms with Gasteiger partial charge in [0.05, 0.1) is 11.8 Å². The molecular weight excluding hydrogens is 276 g/mol. The van der Waals surface area contributed by atoms with Crippen LogP contribution in [-0.2, 0) is 4.84 Å². The van der Waals surface area contributed by atoms with Crippen LogP contribution < -0.4 is 10.6 Å². The number of carbonyl (C=O) groups is 1. The molecule has 114 valence electrons. The third-order valence-electron chi connectivity index (χ3n) is 3.25. The third-order valence-corrected chi connectivity index (χ3v) is 3.25. The van der Waals surface area contributed by atoms with E-state index >= 15 is 0 Å². The van der Waals surface area contributed by atoms with E-state index in [1.165, 1.54) is 24.6 Å². The van der Waals surface area contributed by atoms with Gasteiger partial charge in [0.2, 0.25) is 0 Å². The van der Waals surface area contributed by atoms with Gasteiger partial charge in [0.25, 0.3) is 0 Å². The van der Waals surface area contributed by atoms with E-state index in [9.17, 15) is 4.79 Å². The third kappa shape index (κ3) is 3.50. The molecule has 1 aromatic rings. The van der Waals surface area contributed by atoms with Crippen molar-refractivity contribution in [2.75, 3.05) is 43.9 Å². The second-order valence-corrected chi connectivity index (χ2v) is 4.52. The van der Waals surface area contributed by atoms with Crippen molar-refractivity contribution >= 4 is 23.9 Å². The van der Waals surface area contributed by atoms with E-state index < -0.39 is 6.09 Å². The zero-order valence-corrected chi connectivity index (χ0v) is 11.8. The van der Waals surface area contributed by atoms with E-state index in [2.05, 4.69) is 20.0 Å². The lowest BCUT2D eigenvalue weighted by Gasteiger charge is -2.23. The van der Waals surface area contributed by atoms with Crippen LogP contribution >= 0.6 is 0 Å². The normalized spacial score (nSPS) is 16.0. The molecule has 0 atom stereocenters. The van der Waals surface area contributed by atoms with E-state index in [1.807, 2.05) is 4.90 Å². The van der Waals surface area contributed by atoms with Gasteiger partial charge in [-0.15, -0.1) is 0 Å².